The molecule has 0 bridgehead atoms. The number of hydrogen-bond donors (Lipinski definition) is 1. The maximum atomic E-state index is 13.4. The number of benzene rings is 3. The molecule has 0 aliphatic rings. The molecule has 0 unspecified atom stereocenters. The fourth-order valence-electron chi connectivity index (χ4n) is 2.73. The molecular weight excluding hydrogens is 363 g/mol. The van der Waals surface area contributed by atoms with Crippen LogP contribution in [-0.2, 0) is 16.6 Å². The topological polar surface area (TPSA) is 49.4 Å². The Morgan fingerprint density at radius 3 is 2.26 bits per heavy atom. The van der Waals surface area contributed by atoms with E-state index >= 15 is 0 Å². The molecule has 0 aliphatic carbocycles. The van der Waals surface area contributed by atoms with Gasteiger partial charge < -0.3 is 4.90 Å². The number of aryl methyl sites for hydroxylation is 1. The zero-order chi connectivity index (χ0) is 19.4. The molecule has 0 spiro atoms. The molecule has 0 saturated carbocycles. The summed E-state index contributed by atoms with van der Waals surface area (Å²) in [5, 5.41) is 0. The Bertz CT molecular complexity index is 1020. The largest absolute Gasteiger partial charge is 0.370 e. The Kier molecular flexibility index (Phi) is 5.46. The highest BCUT2D eigenvalue weighted by Crippen LogP contribution is 2.22. The predicted octanol–water partition coefficient (Wildman–Crippen LogP) is 4.57. The Labute approximate surface area is 159 Å². The first-order chi connectivity index (χ1) is 12.8. The standard InChI is InChI=1S/C21H21FN2O2S/c1-16-14-20(12-13-21(16)22)27(25,26)23-18-8-10-19(11-9-18)24(2)15-17-6-4-3-5-7-17/h3-14,23H,15H2,1-2H3. The van der Waals surface area contributed by atoms with E-state index in [1.807, 2.05) is 37.4 Å². The molecule has 0 radical (unpaired) electrons. The average molecular weight is 384 g/mol. The van der Waals surface area contributed by atoms with Crippen molar-refractivity contribution in [3.63, 3.8) is 0 Å². The van der Waals surface area contributed by atoms with E-state index in [0.29, 0.717) is 5.69 Å². The molecule has 3 aromatic carbocycles. The van der Waals surface area contributed by atoms with E-state index in [1.165, 1.54) is 24.6 Å². The van der Waals surface area contributed by atoms with Crippen LogP contribution in [-0.4, -0.2) is 15.5 Å². The summed E-state index contributed by atoms with van der Waals surface area (Å²) in [6.45, 7) is 2.28. The number of nitrogens with one attached hydrogen (secondary N) is 1. The lowest BCUT2D eigenvalue weighted by atomic mass is 10.2. The quantitative estimate of drug-likeness (QED) is 0.677. The highest BCUT2D eigenvalue weighted by Gasteiger charge is 2.15. The second-order valence-electron chi connectivity index (χ2n) is 6.41. The van der Waals surface area contributed by atoms with Crippen LogP contribution in [0.15, 0.2) is 77.7 Å². The van der Waals surface area contributed by atoms with E-state index in [0.717, 1.165) is 18.3 Å². The van der Waals surface area contributed by atoms with Crippen LogP contribution >= 0.6 is 0 Å². The number of sulfonamides is 1. The maximum absolute atomic E-state index is 13.4. The molecular formula is C21H21FN2O2S. The van der Waals surface area contributed by atoms with Crippen molar-refractivity contribution in [1.29, 1.82) is 0 Å². The van der Waals surface area contributed by atoms with Crippen molar-refractivity contribution in [3.8, 4) is 0 Å². The summed E-state index contributed by atoms with van der Waals surface area (Å²) in [4.78, 5) is 2.11. The van der Waals surface area contributed by atoms with Crippen molar-refractivity contribution >= 4 is 21.4 Å². The number of anilines is 2. The van der Waals surface area contributed by atoms with Crippen molar-refractivity contribution < 1.29 is 12.8 Å². The van der Waals surface area contributed by atoms with Gasteiger partial charge in [0.2, 0.25) is 0 Å². The van der Waals surface area contributed by atoms with Gasteiger partial charge in [0, 0.05) is 25.0 Å². The zero-order valence-corrected chi connectivity index (χ0v) is 16.0. The Morgan fingerprint density at radius 1 is 0.963 bits per heavy atom. The molecule has 6 heteroatoms. The van der Waals surface area contributed by atoms with Gasteiger partial charge in [0.05, 0.1) is 4.90 Å². The zero-order valence-electron chi connectivity index (χ0n) is 15.2. The van der Waals surface area contributed by atoms with E-state index in [1.54, 1.807) is 12.1 Å². The SMILES string of the molecule is Cc1cc(S(=O)(=O)Nc2ccc(N(C)Cc3ccccc3)cc2)ccc1F. The molecule has 0 atom stereocenters. The van der Waals surface area contributed by atoms with Gasteiger partial charge in [0.25, 0.3) is 10.0 Å². The van der Waals surface area contributed by atoms with Crippen molar-refractivity contribution in [2.45, 2.75) is 18.4 Å². The van der Waals surface area contributed by atoms with Gasteiger partial charge >= 0.3 is 0 Å². The molecule has 0 saturated heterocycles. The molecule has 3 rings (SSSR count). The lowest BCUT2D eigenvalue weighted by Crippen LogP contribution is -2.16. The van der Waals surface area contributed by atoms with Crippen molar-refractivity contribution in [2.75, 3.05) is 16.7 Å². The third kappa shape index (κ3) is 4.65. The first-order valence-corrected chi connectivity index (χ1v) is 9.97. The maximum Gasteiger partial charge on any atom is 0.261 e. The summed E-state index contributed by atoms with van der Waals surface area (Å²) in [7, 11) is -1.78. The summed E-state index contributed by atoms with van der Waals surface area (Å²) in [5.74, 6) is -0.431. The second-order valence-corrected chi connectivity index (χ2v) is 8.09. The van der Waals surface area contributed by atoms with Gasteiger partial charge in [-0.2, -0.15) is 0 Å². The van der Waals surface area contributed by atoms with Crippen LogP contribution in [0, 0.1) is 12.7 Å². The van der Waals surface area contributed by atoms with Crippen LogP contribution in [0.25, 0.3) is 0 Å². The minimum atomic E-state index is -3.76. The average Bonchev–Trinajstić information content (AvgIpc) is 2.65. The number of hydrogen-bond acceptors (Lipinski definition) is 3. The molecule has 0 fully saturated rings. The molecule has 1 N–H and O–H groups in total. The summed E-state index contributed by atoms with van der Waals surface area (Å²) in [6.07, 6.45) is 0. The van der Waals surface area contributed by atoms with Gasteiger partial charge in [-0.3, -0.25) is 4.72 Å². The molecule has 0 aliphatic heterocycles. The molecule has 27 heavy (non-hydrogen) atoms. The molecule has 0 heterocycles. The van der Waals surface area contributed by atoms with E-state index in [9.17, 15) is 12.8 Å². The van der Waals surface area contributed by atoms with Crippen LogP contribution in [0.1, 0.15) is 11.1 Å². The first kappa shape index (κ1) is 18.9. The van der Waals surface area contributed by atoms with E-state index in [-0.39, 0.29) is 10.5 Å². The Hall–Kier alpha value is -2.86. The normalized spacial score (nSPS) is 11.2. The second kappa shape index (κ2) is 7.80. The molecule has 0 amide bonds. The number of nitrogens with zero attached hydrogens (tertiary/aromatic N) is 1. The molecule has 4 nitrogen and oxygen atoms in total. The highest BCUT2D eigenvalue weighted by atomic mass is 32.2. The molecule has 3 aromatic rings. The number of halogens is 1. The van der Waals surface area contributed by atoms with Gasteiger partial charge in [-0.25, -0.2) is 12.8 Å². The third-order valence-electron chi connectivity index (χ3n) is 4.26. The van der Waals surface area contributed by atoms with Crippen LogP contribution in [0.3, 0.4) is 0 Å². The van der Waals surface area contributed by atoms with Crippen molar-refractivity contribution in [1.82, 2.24) is 0 Å². The minimum Gasteiger partial charge on any atom is -0.370 e. The van der Waals surface area contributed by atoms with Crippen LogP contribution in [0.5, 0.6) is 0 Å². The lowest BCUT2D eigenvalue weighted by Gasteiger charge is -2.20. The lowest BCUT2D eigenvalue weighted by molar-refractivity contribution is 0.598. The number of rotatable bonds is 6. The smallest absolute Gasteiger partial charge is 0.261 e. The van der Waals surface area contributed by atoms with E-state index < -0.39 is 15.8 Å². The molecule has 140 valence electrons. The van der Waals surface area contributed by atoms with E-state index in [2.05, 4.69) is 21.8 Å². The summed E-state index contributed by atoms with van der Waals surface area (Å²) in [5.41, 5.74) is 2.90. The minimum absolute atomic E-state index is 0.0340. The van der Waals surface area contributed by atoms with Gasteiger partial charge in [-0.15, -0.1) is 0 Å². The fraction of sp³-hybridized carbons (Fsp3) is 0.143. The van der Waals surface area contributed by atoms with Crippen LogP contribution in [0.2, 0.25) is 0 Å². The highest BCUT2D eigenvalue weighted by molar-refractivity contribution is 7.92. The fourth-order valence-corrected chi connectivity index (χ4v) is 3.87. The third-order valence-corrected chi connectivity index (χ3v) is 5.64. The first-order valence-electron chi connectivity index (χ1n) is 8.49. The Balaban J connectivity index is 1.72. The van der Waals surface area contributed by atoms with Crippen molar-refractivity contribution in [3.05, 3.63) is 89.7 Å². The van der Waals surface area contributed by atoms with E-state index in [4.69, 9.17) is 0 Å². The van der Waals surface area contributed by atoms with Gasteiger partial charge in [0.15, 0.2) is 0 Å². The van der Waals surface area contributed by atoms with Crippen LogP contribution in [0.4, 0.5) is 15.8 Å². The summed E-state index contributed by atoms with van der Waals surface area (Å²) >= 11 is 0. The van der Waals surface area contributed by atoms with Gasteiger partial charge in [0.1, 0.15) is 5.82 Å². The Morgan fingerprint density at radius 2 is 1.63 bits per heavy atom. The van der Waals surface area contributed by atoms with Crippen molar-refractivity contribution in [2.24, 2.45) is 0 Å². The predicted molar refractivity (Wildman–Crippen MR) is 107 cm³/mol. The molecule has 0 aromatic heterocycles. The monoisotopic (exact) mass is 384 g/mol. The van der Waals surface area contributed by atoms with Gasteiger partial charge in [-0.1, -0.05) is 30.3 Å². The van der Waals surface area contributed by atoms with Gasteiger partial charge in [-0.05, 0) is 60.5 Å². The summed E-state index contributed by atoms with van der Waals surface area (Å²) < 4.78 is 40.9. The van der Waals surface area contributed by atoms with Crippen LogP contribution < -0.4 is 9.62 Å². The summed E-state index contributed by atoms with van der Waals surface area (Å²) in [6, 6.07) is 21.0.